The Morgan fingerprint density at radius 2 is 1.90 bits per heavy atom. The highest BCUT2D eigenvalue weighted by molar-refractivity contribution is 5.78. The number of hydrogen-bond acceptors (Lipinski definition) is 5. The molecule has 31 heavy (non-hydrogen) atoms. The summed E-state index contributed by atoms with van der Waals surface area (Å²) in [5.41, 5.74) is 3.18. The monoisotopic (exact) mass is 422 g/mol. The Kier molecular flexibility index (Phi) is 6.72. The van der Waals surface area contributed by atoms with Crippen LogP contribution in [0.4, 0.5) is 0 Å². The fourth-order valence-corrected chi connectivity index (χ4v) is 4.16. The predicted octanol–water partition coefficient (Wildman–Crippen LogP) is 3.15. The number of aromatic amines is 1. The van der Waals surface area contributed by atoms with Gasteiger partial charge in [-0.05, 0) is 62.2 Å². The number of para-hydroxylation sites is 2. The first-order valence-electron chi connectivity index (χ1n) is 10.8. The lowest BCUT2D eigenvalue weighted by molar-refractivity contribution is -0.126. The second kappa shape index (κ2) is 9.83. The van der Waals surface area contributed by atoms with Crippen molar-refractivity contribution < 1.29 is 14.3 Å². The summed E-state index contributed by atoms with van der Waals surface area (Å²) in [6, 6.07) is 13.9. The summed E-state index contributed by atoms with van der Waals surface area (Å²) >= 11 is 0. The molecule has 1 saturated heterocycles. The number of aromatic nitrogens is 2. The van der Waals surface area contributed by atoms with E-state index in [4.69, 9.17) is 9.47 Å². The molecular weight excluding hydrogens is 392 g/mol. The quantitative estimate of drug-likeness (QED) is 0.583. The Labute approximate surface area is 182 Å². The molecule has 0 bridgehead atoms. The number of imidazole rings is 1. The van der Waals surface area contributed by atoms with Gasteiger partial charge in [0.05, 0.1) is 31.8 Å². The highest BCUT2D eigenvalue weighted by Gasteiger charge is 2.25. The molecule has 0 aliphatic carbocycles. The maximum Gasteiger partial charge on any atom is 0.223 e. The third kappa shape index (κ3) is 5.17. The number of rotatable bonds is 8. The molecule has 7 heteroatoms. The number of fused-ring (bicyclic) bond motifs is 1. The minimum atomic E-state index is 0.0809. The van der Waals surface area contributed by atoms with E-state index in [1.54, 1.807) is 14.2 Å². The normalized spacial score (nSPS) is 15.2. The molecule has 1 fully saturated rings. The zero-order valence-electron chi connectivity index (χ0n) is 18.2. The van der Waals surface area contributed by atoms with Crippen LogP contribution < -0.4 is 14.8 Å². The lowest BCUT2D eigenvalue weighted by Gasteiger charge is -2.30. The van der Waals surface area contributed by atoms with Gasteiger partial charge in [-0.1, -0.05) is 18.2 Å². The lowest BCUT2D eigenvalue weighted by Crippen LogP contribution is -2.40. The molecule has 0 saturated carbocycles. The molecule has 1 aromatic heterocycles. The Hall–Kier alpha value is -3.06. The van der Waals surface area contributed by atoms with E-state index < -0.39 is 0 Å². The molecule has 2 N–H and O–H groups in total. The largest absolute Gasteiger partial charge is 0.493 e. The van der Waals surface area contributed by atoms with Crippen LogP contribution in [0.15, 0.2) is 42.5 Å². The molecule has 3 aromatic rings. The van der Waals surface area contributed by atoms with E-state index in [0.29, 0.717) is 18.0 Å². The van der Waals surface area contributed by atoms with Gasteiger partial charge in [-0.2, -0.15) is 0 Å². The number of carbonyl (C=O) groups excluding carboxylic acids is 1. The van der Waals surface area contributed by atoms with Crippen molar-refractivity contribution in [1.29, 1.82) is 0 Å². The molecule has 1 amide bonds. The van der Waals surface area contributed by atoms with Gasteiger partial charge in [0.1, 0.15) is 5.82 Å². The van der Waals surface area contributed by atoms with Crippen LogP contribution in [0.1, 0.15) is 24.2 Å². The second-order valence-corrected chi connectivity index (χ2v) is 7.98. The van der Waals surface area contributed by atoms with Crippen molar-refractivity contribution in [1.82, 2.24) is 20.2 Å². The van der Waals surface area contributed by atoms with Crippen LogP contribution >= 0.6 is 0 Å². The maximum atomic E-state index is 12.6. The predicted molar refractivity (Wildman–Crippen MR) is 120 cm³/mol. The molecule has 2 aromatic carbocycles. The van der Waals surface area contributed by atoms with Crippen LogP contribution in [0.3, 0.4) is 0 Å². The number of carbonyl (C=O) groups is 1. The van der Waals surface area contributed by atoms with Crippen molar-refractivity contribution in [3.63, 3.8) is 0 Å². The van der Waals surface area contributed by atoms with Crippen molar-refractivity contribution in [3.05, 3.63) is 53.9 Å². The number of methoxy groups -OCH3 is 2. The fraction of sp³-hybridized carbons (Fsp3) is 0.417. The van der Waals surface area contributed by atoms with Crippen molar-refractivity contribution in [2.45, 2.75) is 25.8 Å². The first-order valence-corrected chi connectivity index (χ1v) is 10.8. The van der Waals surface area contributed by atoms with E-state index in [1.807, 2.05) is 42.5 Å². The summed E-state index contributed by atoms with van der Waals surface area (Å²) in [5, 5.41) is 3.10. The van der Waals surface area contributed by atoms with Gasteiger partial charge in [0, 0.05) is 12.5 Å². The van der Waals surface area contributed by atoms with Gasteiger partial charge in [-0.15, -0.1) is 0 Å². The molecule has 0 radical (unpaired) electrons. The van der Waals surface area contributed by atoms with Crippen molar-refractivity contribution >= 4 is 16.9 Å². The Morgan fingerprint density at radius 1 is 1.13 bits per heavy atom. The zero-order chi connectivity index (χ0) is 21.6. The van der Waals surface area contributed by atoms with Crippen LogP contribution in [-0.4, -0.2) is 54.6 Å². The zero-order valence-corrected chi connectivity index (χ0v) is 18.2. The molecule has 0 atom stereocenters. The molecule has 0 unspecified atom stereocenters. The number of hydrogen-bond donors (Lipinski definition) is 2. The molecule has 164 valence electrons. The number of nitrogens with one attached hydrogen (secondary N) is 2. The van der Waals surface area contributed by atoms with E-state index in [1.165, 1.54) is 0 Å². The Bertz CT molecular complexity index is 992. The molecule has 1 aliphatic rings. The SMILES string of the molecule is COc1ccc(CCNC(=O)C2CCN(Cc3nc4ccccc4[nH]3)CC2)cc1OC. The Balaban J connectivity index is 1.21. The highest BCUT2D eigenvalue weighted by Crippen LogP contribution is 2.27. The average molecular weight is 423 g/mol. The van der Waals surface area contributed by atoms with Crippen molar-refractivity contribution in [3.8, 4) is 11.5 Å². The summed E-state index contributed by atoms with van der Waals surface area (Å²) in [6.45, 7) is 3.23. The van der Waals surface area contributed by atoms with E-state index >= 15 is 0 Å². The molecule has 0 spiro atoms. The van der Waals surface area contributed by atoms with Gasteiger partial charge in [0.2, 0.25) is 5.91 Å². The third-order valence-corrected chi connectivity index (χ3v) is 5.93. The topological polar surface area (TPSA) is 79.5 Å². The van der Waals surface area contributed by atoms with Gasteiger partial charge in [0.15, 0.2) is 11.5 Å². The first kappa shape index (κ1) is 21.2. The number of likely N-dealkylation sites (tertiary alicyclic amines) is 1. The molecular formula is C24H30N4O3. The average Bonchev–Trinajstić information content (AvgIpc) is 3.21. The van der Waals surface area contributed by atoms with Gasteiger partial charge in [-0.25, -0.2) is 4.98 Å². The minimum Gasteiger partial charge on any atom is -0.493 e. The standard InChI is InChI=1S/C24H30N4O3/c1-30-21-8-7-17(15-22(21)31-2)9-12-25-24(29)18-10-13-28(14-11-18)16-23-26-19-5-3-4-6-20(19)27-23/h3-8,15,18H,9-14,16H2,1-2H3,(H,25,29)(H,26,27). The van der Waals surface area contributed by atoms with Gasteiger partial charge in [-0.3, -0.25) is 9.69 Å². The van der Waals surface area contributed by atoms with Crippen LogP contribution in [0, 0.1) is 5.92 Å². The van der Waals surface area contributed by atoms with Crippen molar-refractivity contribution in [2.24, 2.45) is 5.92 Å². The second-order valence-electron chi connectivity index (χ2n) is 7.98. The summed E-state index contributed by atoms with van der Waals surface area (Å²) in [6.07, 6.45) is 2.52. The van der Waals surface area contributed by atoms with Crippen molar-refractivity contribution in [2.75, 3.05) is 33.9 Å². The minimum absolute atomic E-state index is 0.0809. The van der Waals surface area contributed by atoms with Crippen LogP contribution in [0.2, 0.25) is 0 Å². The molecule has 2 heterocycles. The van der Waals surface area contributed by atoms with E-state index in [0.717, 1.165) is 61.3 Å². The number of amides is 1. The van der Waals surface area contributed by atoms with E-state index in [2.05, 4.69) is 20.2 Å². The number of benzene rings is 2. The number of H-pyrrole nitrogens is 1. The molecule has 7 nitrogen and oxygen atoms in total. The number of nitrogens with zero attached hydrogens (tertiary/aromatic N) is 2. The third-order valence-electron chi connectivity index (χ3n) is 5.93. The summed E-state index contributed by atoms with van der Waals surface area (Å²) in [4.78, 5) is 23.0. The summed E-state index contributed by atoms with van der Waals surface area (Å²) in [5.74, 6) is 2.65. The summed E-state index contributed by atoms with van der Waals surface area (Å²) < 4.78 is 10.6. The van der Waals surface area contributed by atoms with Gasteiger partial charge in [0.25, 0.3) is 0 Å². The molecule has 1 aliphatic heterocycles. The smallest absolute Gasteiger partial charge is 0.223 e. The first-order chi connectivity index (χ1) is 15.2. The summed E-state index contributed by atoms with van der Waals surface area (Å²) in [7, 11) is 3.25. The maximum absolute atomic E-state index is 12.6. The van der Waals surface area contributed by atoms with Crippen LogP contribution in [0.5, 0.6) is 11.5 Å². The van der Waals surface area contributed by atoms with Crippen LogP contribution in [-0.2, 0) is 17.8 Å². The Morgan fingerprint density at radius 3 is 2.65 bits per heavy atom. The van der Waals surface area contributed by atoms with Gasteiger partial charge < -0.3 is 19.8 Å². The number of ether oxygens (including phenoxy) is 2. The molecule has 4 rings (SSSR count). The number of piperidine rings is 1. The van der Waals surface area contributed by atoms with Crippen LogP contribution in [0.25, 0.3) is 11.0 Å². The van der Waals surface area contributed by atoms with Gasteiger partial charge >= 0.3 is 0 Å². The van der Waals surface area contributed by atoms with E-state index in [9.17, 15) is 4.79 Å². The fourth-order valence-electron chi connectivity index (χ4n) is 4.16. The highest BCUT2D eigenvalue weighted by atomic mass is 16.5. The van der Waals surface area contributed by atoms with E-state index in [-0.39, 0.29) is 11.8 Å². The lowest BCUT2D eigenvalue weighted by atomic mass is 9.96.